The van der Waals surface area contributed by atoms with Crippen LogP contribution in [-0.4, -0.2) is 50.5 Å². The summed E-state index contributed by atoms with van der Waals surface area (Å²) in [4.78, 5) is 29.9. The molecule has 0 saturated carbocycles. The second-order valence-corrected chi connectivity index (χ2v) is 7.94. The molecular weight excluding hydrogens is 382 g/mol. The minimum atomic E-state index is -0.711. The van der Waals surface area contributed by atoms with Crippen molar-refractivity contribution in [3.8, 4) is 0 Å². The number of carbonyl (C=O) groups excluding carboxylic acids is 2. The normalized spacial score (nSPS) is 18.9. The van der Waals surface area contributed by atoms with Crippen molar-refractivity contribution in [2.45, 2.75) is 58.5 Å². The molecule has 1 aliphatic heterocycles. The third-order valence-corrected chi connectivity index (χ3v) is 5.47. The van der Waals surface area contributed by atoms with Gasteiger partial charge in [-0.15, -0.1) is 10.2 Å². The molecule has 30 heavy (non-hydrogen) atoms. The average molecular weight is 412 g/mol. The Morgan fingerprint density at radius 1 is 1.20 bits per heavy atom. The molecule has 9 nitrogen and oxygen atoms in total. The number of primary amides is 1. The third kappa shape index (κ3) is 4.84. The predicted molar refractivity (Wildman–Crippen MR) is 116 cm³/mol. The van der Waals surface area contributed by atoms with Crippen LogP contribution in [0.4, 0.5) is 17.5 Å². The second kappa shape index (κ2) is 9.06. The van der Waals surface area contributed by atoms with Crippen molar-refractivity contribution in [3.63, 3.8) is 0 Å². The standard InChI is InChI=1S/C21H29N7O2/c1-12(2)15-7-9-16(10-8-15)23-20-18(19(22)30)26-27-21(25-20)24-17-6-5-11-28(13(17)3)14(4)29/h7-10,12-13,17H,5-6,11H2,1-4H3,(H2,22,30)(H2,23,24,25,27)/t13-,17-/m1/s1. The number of aromatic nitrogens is 3. The van der Waals surface area contributed by atoms with Gasteiger partial charge < -0.3 is 21.3 Å². The Morgan fingerprint density at radius 2 is 1.90 bits per heavy atom. The van der Waals surface area contributed by atoms with Gasteiger partial charge in [0.15, 0.2) is 11.5 Å². The summed E-state index contributed by atoms with van der Waals surface area (Å²) in [6.07, 6.45) is 1.77. The fourth-order valence-corrected chi connectivity index (χ4v) is 3.67. The smallest absolute Gasteiger partial charge is 0.273 e. The number of rotatable bonds is 6. The minimum absolute atomic E-state index is 0.00402. The van der Waals surface area contributed by atoms with Crippen LogP contribution in [0, 0.1) is 0 Å². The van der Waals surface area contributed by atoms with Crippen molar-refractivity contribution in [2.75, 3.05) is 17.2 Å². The van der Waals surface area contributed by atoms with Crippen molar-refractivity contribution in [1.82, 2.24) is 20.1 Å². The molecule has 0 spiro atoms. The number of hydrogen-bond acceptors (Lipinski definition) is 7. The Balaban J connectivity index is 1.82. The predicted octanol–water partition coefficient (Wildman–Crippen LogP) is 2.65. The van der Waals surface area contributed by atoms with E-state index in [1.807, 2.05) is 36.1 Å². The highest BCUT2D eigenvalue weighted by Gasteiger charge is 2.30. The first kappa shape index (κ1) is 21.5. The summed E-state index contributed by atoms with van der Waals surface area (Å²) in [6, 6.07) is 7.86. The van der Waals surface area contributed by atoms with Crippen molar-refractivity contribution < 1.29 is 9.59 Å². The number of hydrogen-bond donors (Lipinski definition) is 3. The zero-order chi connectivity index (χ0) is 21.8. The monoisotopic (exact) mass is 411 g/mol. The molecule has 2 atom stereocenters. The van der Waals surface area contributed by atoms with E-state index in [4.69, 9.17) is 5.73 Å². The summed E-state index contributed by atoms with van der Waals surface area (Å²) >= 11 is 0. The quantitative estimate of drug-likeness (QED) is 0.667. The highest BCUT2D eigenvalue weighted by atomic mass is 16.2. The molecule has 2 amide bonds. The topological polar surface area (TPSA) is 126 Å². The molecule has 160 valence electrons. The van der Waals surface area contributed by atoms with E-state index in [0.29, 0.717) is 5.92 Å². The molecule has 1 aromatic heterocycles. The van der Waals surface area contributed by atoms with Gasteiger partial charge in [0.05, 0.1) is 0 Å². The largest absolute Gasteiger partial charge is 0.364 e. The number of carbonyl (C=O) groups is 2. The number of nitrogens with zero attached hydrogens (tertiary/aromatic N) is 4. The summed E-state index contributed by atoms with van der Waals surface area (Å²) in [5, 5.41) is 14.4. The van der Waals surface area contributed by atoms with E-state index in [-0.39, 0.29) is 35.5 Å². The van der Waals surface area contributed by atoms with Crippen LogP contribution >= 0.6 is 0 Å². The molecule has 0 bridgehead atoms. The lowest BCUT2D eigenvalue weighted by atomic mass is 9.97. The maximum Gasteiger partial charge on any atom is 0.273 e. The molecule has 0 unspecified atom stereocenters. The zero-order valence-electron chi connectivity index (χ0n) is 17.8. The van der Waals surface area contributed by atoms with Crippen LogP contribution in [0.25, 0.3) is 0 Å². The summed E-state index contributed by atoms with van der Waals surface area (Å²) in [6.45, 7) is 8.57. The molecule has 2 aromatic rings. The first-order valence-electron chi connectivity index (χ1n) is 10.2. The van der Waals surface area contributed by atoms with Crippen molar-refractivity contribution in [1.29, 1.82) is 0 Å². The highest BCUT2D eigenvalue weighted by molar-refractivity contribution is 5.96. The van der Waals surface area contributed by atoms with Crippen molar-refractivity contribution in [3.05, 3.63) is 35.5 Å². The molecule has 4 N–H and O–H groups in total. The molecule has 1 aliphatic rings. The van der Waals surface area contributed by atoms with E-state index < -0.39 is 5.91 Å². The van der Waals surface area contributed by atoms with E-state index in [1.54, 1.807) is 6.92 Å². The fraction of sp³-hybridized carbons (Fsp3) is 0.476. The molecule has 0 aliphatic carbocycles. The van der Waals surface area contributed by atoms with E-state index >= 15 is 0 Å². The van der Waals surface area contributed by atoms with E-state index in [0.717, 1.165) is 25.1 Å². The van der Waals surface area contributed by atoms with Gasteiger partial charge in [-0.3, -0.25) is 9.59 Å². The van der Waals surface area contributed by atoms with Crippen LogP contribution in [0.1, 0.15) is 62.5 Å². The number of anilines is 3. The molecule has 1 aromatic carbocycles. The number of piperidine rings is 1. The van der Waals surface area contributed by atoms with Crippen molar-refractivity contribution >= 4 is 29.3 Å². The second-order valence-electron chi connectivity index (χ2n) is 7.94. The average Bonchev–Trinajstić information content (AvgIpc) is 2.69. The van der Waals surface area contributed by atoms with Gasteiger partial charge in [-0.1, -0.05) is 26.0 Å². The number of nitrogens with one attached hydrogen (secondary N) is 2. The fourth-order valence-electron chi connectivity index (χ4n) is 3.67. The summed E-state index contributed by atoms with van der Waals surface area (Å²) < 4.78 is 0. The Morgan fingerprint density at radius 3 is 2.50 bits per heavy atom. The SMILES string of the molecule is CC(=O)N1CCC[C@@H](Nc2nnc(C(N)=O)c(Nc3ccc(C(C)C)cc3)n2)[C@H]1C. The zero-order valence-corrected chi connectivity index (χ0v) is 17.8. The summed E-state index contributed by atoms with van der Waals surface area (Å²) in [7, 11) is 0. The number of nitrogens with two attached hydrogens (primary N) is 1. The number of likely N-dealkylation sites (tertiary alicyclic amines) is 1. The third-order valence-electron chi connectivity index (χ3n) is 5.47. The van der Waals surface area contributed by atoms with Crippen LogP contribution in [0.2, 0.25) is 0 Å². The maximum atomic E-state index is 11.8. The van der Waals surface area contributed by atoms with E-state index in [1.165, 1.54) is 5.56 Å². The Bertz CT molecular complexity index is 914. The molecule has 3 rings (SSSR count). The van der Waals surface area contributed by atoms with E-state index in [2.05, 4.69) is 39.7 Å². The lowest BCUT2D eigenvalue weighted by Gasteiger charge is -2.39. The maximum absolute atomic E-state index is 11.8. The lowest BCUT2D eigenvalue weighted by molar-refractivity contribution is -0.132. The Labute approximate surface area is 176 Å². The van der Waals surface area contributed by atoms with Crippen LogP contribution in [0.15, 0.2) is 24.3 Å². The summed E-state index contributed by atoms with van der Waals surface area (Å²) in [5.74, 6) is 0.275. The molecule has 0 radical (unpaired) electrons. The number of amides is 2. The van der Waals surface area contributed by atoms with Gasteiger partial charge in [0.1, 0.15) is 0 Å². The summed E-state index contributed by atoms with van der Waals surface area (Å²) in [5.41, 5.74) is 7.40. The van der Waals surface area contributed by atoms with Crippen molar-refractivity contribution in [2.24, 2.45) is 5.73 Å². The van der Waals surface area contributed by atoms with Crippen LogP contribution in [0.3, 0.4) is 0 Å². The van der Waals surface area contributed by atoms with Gasteiger partial charge in [0.25, 0.3) is 5.91 Å². The van der Waals surface area contributed by atoms with Gasteiger partial charge in [-0.2, -0.15) is 4.98 Å². The molecule has 1 saturated heterocycles. The van der Waals surface area contributed by atoms with Gasteiger partial charge in [-0.25, -0.2) is 0 Å². The first-order valence-corrected chi connectivity index (χ1v) is 10.2. The molecular formula is C21H29N7O2. The lowest BCUT2D eigenvalue weighted by Crippen LogP contribution is -2.51. The highest BCUT2D eigenvalue weighted by Crippen LogP contribution is 2.23. The molecule has 1 fully saturated rings. The van der Waals surface area contributed by atoms with E-state index in [9.17, 15) is 9.59 Å². The Hall–Kier alpha value is -3.23. The van der Waals surface area contributed by atoms with Crippen LogP contribution in [-0.2, 0) is 4.79 Å². The first-order chi connectivity index (χ1) is 14.3. The van der Waals surface area contributed by atoms with Gasteiger partial charge >= 0.3 is 0 Å². The van der Waals surface area contributed by atoms with Gasteiger partial charge in [0.2, 0.25) is 11.9 Å². The molecule has 9 heteroatoms. The van der Waals surface area contributed by atoms with Gasteiger partial charge in [0, 0.05) is 31.2 Å². The Kier molecular flexibility index (Phi) is 6.49. The van der Waals surface area contributed by atoms with Crippen LogP contribution < -0.4 is 16.4 Å². The molecule has 2 heterocycles. The van der Waals surface area contributed by atoms with Crippen LogP contribution in [0.5, 0.6) is 0 Å². The van der Waals surface area contributed by atoms with Gasteiger partial charge in [-0.05, 0) is 43.4 Å². The number of benzene rings is 1. The minimum Gasteiger partial charge on any atom is -0.364 e.